The van der Waals surface area contributed by atoms with Gasteiger partial charge in [0.1, 0.15) is 11.3 Å². The van der Waals surface area contributed by atoms with Gasteiger partial charge in [-0.25, -0.2) is 9.69 Å². The van der Waals surface area contributed by atoms with Crippen molar-refractivity contribution in [2.45, 2.75) is 6.92 Å². The number of rotatable bonds is 3. The number of hydrogen-bond donors (Lipinski definition) is 1. The van der Waals surface area contributed by atoms with E-state index in [-0.39, 0.29) is 5.57 Å². The highest BCUT2D eigenvalue weighted by atomic mass is 16.5. The number of ether oxygens (including phenoxy) is 1. The lowest BCUT2D eigenvalue weighted by Gasteiger charge is -2.27. The molecule has 1 N–H and O–H groups in total. The number of amides is 4. The Morgan fingerprint density at radius 3 is 2.52 bits per heavy atom. The van der Waals surface area contributed by atoms with E-state index in [1.54, 1.807) is 49.4 Å². The van der Waals surface area contributed by atoms with Crippen molar-refractivity contribution in [3.63, 3.8) is 0 Å². The van der Waals surface area contributed by atoms with E-state index in [0.717, 1.165) is 10.5 Å². The molecule has 0 spiro atoms. The molecule has 1 aliphatic heterocycles. The number of methoxy groups -OCH3 is 1. The minimum Gasteiger partial charge on any atom is -0.497 e. The molecule has 1 fully saturated rings. The number of aryl methyl sites for hydroxylation is 1. The van der Waals surface area contributed by atoms with Crippen LogP contribution in [0.4, 0.5) is 10.5 Å². The first kappa shape index (κ1) is 16.4. The number of benzene rings is 2. The van der Waals surface area contributed by atoms with Gasteiger partial charge < -0.3 is 4.74 Å². The summed E-state index contributed by atoms with van der Waals surface area (Å²) in [7, 11) is 1.53. The fraction of sp³-hybridized carbons (Fsp3) is 0.105. The Kier molecular flexibility index (Phi) is 4.35. The molecule has 3 rings (SSSR count). The molecule has 0 radical (unpaired) electrons. The highest BCUT2D eigenvalue weighted by Gasteiger charge is 2.37. The maximum Gasteiger partial charge on any atom is 0.335 e. The van der Waals surface area contributed by atoms with Gasteiger partial charge in [-0.3, -0.25) is 14.9 Å². The standard InChI is InChI=1S/C19H16N2O4/c1-12-6-3-4-9-16(12)21-18(23)15(17(22)20-19(21)24)11-13-7-5-8-14(10-13)25-2/h3-11H,1-2H3,(H,20,22,24)/b15-11+. The topological polar surface area (TPSA) is 75.7 Å². The monoisotopic (exact) mass is 336 g/mol. The van der Waals surface area contributed by atoms with Crippen molar-refractivity contribution < 1.29 is 19.1 Å². The Morgan fingerprint density at radius 1 is 1.04 bits per heavy atom. The van der Waals surface area contributed by atoms with Gasteiger partial charge in [-0.05, 0) is 42.3 Å². The van der Waals surface area contributed by atoms with Crippen molar-refractivity contribution in [2.24, 2.45) is 0 Å². The molecule has 0 saturated carbocycles. The third kappa shape index (κ3) is 3.14. The number of imide groups is 2. The van der Waals surface area contributed by atoms with Gasteiger partial charge in [0.25, 0.3) is 11.8 Å². The maximum absolute atomic E-state index is 12.8. The normalized spacial score (nSPS) is 16.2. The molecule has 126 valence electrons. The molecule has 25 heavy (non-hydrogen) atoms. The summed E-state index contributed by atoms with van der Waals surface area (Å²) in [5, 5.41) is 2.21. The Bertz CT molecular complexity index is 902. The molecule has 2 aromatic rings. The number of para-hydroxylation sites is 1. The second-order valence-electron chi connectivity index (χ2n) is 5.52. The quantitative estimate of drug-likeness (QED) is 0.691. The summed E-state index contributed by atoms with van der Waals surface area (Å²) in [5.74, 6) is -0.779. The maximum atomic E-state index is 12.8. The molecule has 2 aromatic carbocycles. The Labute approximate surface area is 144 Å². The molecule has 1 heterocycles. The van der Waals surface area contributed by atoms with Crippen LogP contribution in [0.3, 0.4) is 0 Å². The summed E-state index contributed by atoms with van der Waals surface area (Å²) in [5.41, 5.74) is 1.70. The van der Waals surface area contributed by atoms with Crippen LogP contribution in [0.25, 0.3) is 6.08 Å². The van der Waals surface area contributed by atoms with E-state index >= 15 is 0 Å². The van der Waals surface area contributed by atoms with E-state index in [1.807, 2.05) is 6.07 Å². The summed E-state index contributed by atoms with van der Waals surface area (Å²) in [6.07, 6.45) is 1.44. The third-order valence-electron chi connectivity index (χ3n) is 3.86. The Morgan fingerprint density at radius 2 is 1.80 bits per heavy atom. The lowest BCUT2D eigenvalue weighted by Crippen LogP contribution is -2.54. The van der Waals surface area contributed by atoms with Crippen molar-refractivity contribution in [2.75, 3.05) is 12.0 Å². The number of nitrogens with zero attached hydrogens (tertiary/aromatic N) is 1. The highest BCUT2D eigenvalue weighted by molar-refractivity contribution is 6.39. The number of carbonyl (C=O) groups excluding carboxylic acids is 3. The number of carbonyl (C=O) groups is 3. The van der Waals surface area contributed by atoms with Gasteiger partial charge in [0, 0.05) is 0 Å². The average Bonchev–Trinajstić information content (AvgIpc) is 2.60. The van der Waals surface area contributed by atoms with Crippen LogP contribution < -0.4 is 15.0 Å². The molecule has 0 unspecified atom stereocenters. The zero-order valence-electron chi connectivity index (χ0n) is 13.8. The SMILES string of the molecule is COc1cccc(/C=C2\C(=O)NC(=O)N(c3ccccc3C)C2=O)c1. The predicted molar refractivity (Wildman–Crippen MR) is 93.2 cm³/mol. The molecule has 1 aliphatic rings. The first-order valence-electron chi connectivity index (χ1n) is 7.62. The zero-order chi connectivity index (χ0) is 18.0. The van der Waals surface area contributed by atoms with Crippen LogP contribution in [-0.2, 0) is 9.59 Å². The van der Waals surface area contributed by atoms with Gasteiger partial charge in [-0.15, -0.1) is 0 Å². The fourth-order valence-electron chi connectivity index (χ4n) is 2.59. The van der Waals surface area contributed by atoms with Crippen molar-refractivity contribution in [3.05, 3.63) is 65.2 Å². The third-order valence-corrected chi connectivity index (χ3v) is 3.86. The molecule has 6 nitrogen and oxygen atoms in total. The van der Waals surface area contributed by atoms with Crippen LogP contribution in [-0.4, -0.2) is 25.0 Å². The van der Waals surface area contributed by atoms with Crippen LogP contribution >= 0.6 is 0 Å². The molecule has 0 aliphatic carbocycles. The first-order chi connectivity index (χ1) is 12.0. The van der Waals surface area contributed by atoms with Crippen molar-refractivity contribution in [1.82, 2.24) is 5.32 Å². The lowest BCUT2D eigenvalue weighted by atomic mass is 10.1. The number of barbiturate groups is 1. The van der Waals surface area contributed by atoms with Crippen LogP contribution in [0.15, 0.2) is 54.1 Å². The summed E-state index contributed by atoms with van der Waals surface area (Å²) in [6, 6.07) is 13.2. The van der Waals surface area contributed by atoms with Gasteiger partial charge in [-0.2, -0.15) is 0 Å². The molecular formula is C19H16N2O4. The number of nitrogens with one attached hydrogen (secondary N) is 1. The minimum absolute atomic E-state index is 0.115. The van der Waals surface area contributed by atoms with Crippen LogP contribution in [0, 0.1) is 6.92 Å². The predicted octanol–water partition coefficient (Wildman–Crippen LogP) is 2.67. The van der Waals surface area contributed by atoms with Gasteiger partial charge in [0.15, 0.2) is 0 Å². The molecule has 0 aromatic heterocycles. The molecule has 4 amide bonds. The molecule has 0 bridgehead atoms. The van der Waals surface area contributed by atoms with Crippen molar-refractivity contribution >= 4 is 29.6 Å². The average molecular weight is 336 g/mol. The van der Waals surface area contributed by atoms with E-state index in [1.165, 1.54) is 13.2 Å². The smallest absolute Gasteiger partial charge is 0.335 e. The minimum atomic E-state index is -0.757. The molecular weight excluding hydrogens is 320 g/mol. The molecule has 0 atom stereocenters. The Balaban J connectivity index is 2.04. The fourth-order valence-corrected chi connectivity index (χ4v) is 2.59. The zero-order valence-corrected chi connectivity index (χ0v) is 13.8. The number of anilines is 1. The van der Waals surface area contributed by atoms with Crippen molar-refractivity contribution in [3.8, 4) is 5.75 Å². The van der Waals surface area contributed by atoms with E-state index < -0.39 is 17.8 Å². The molecule has 1 saturated heterocycles. The van der Waals surface area contributed by atoms with E-state index in [0.29, 0.717) is 17.0 Å². The van der Waals surface area contributed by atoms with E-state index in [4.69, 9.17) is 4.74 Å². The van der Waals surface area contributed by atoms with Crippen LogP contribution in [0.1, 0.15) is 11.1 Å². The van der Waals surface area contributed by atoms with Crippen LogP contribution in [0.5, 0.6) is 5.75 Å². The first-order valence-corrected chi connectivity index (χ1v) is 7.62. The summed E-state index contributed by atoms with van der Waals surface area (Å²) < 4.78 is 5.14. The lowest BCUT2D eigenvalue weighted by molar-refractivity contribution is -0.122. The van der Waals surface area contributed by atoms with Gasteiger partial charge in [0.05, 0.1) is 12.8 Å². The second kappa shape index (κ2) is 6.60. The summed E-state index contributed by atoms with van der Waals surface area (Å²) in [6.45, 7) is 1.79. The van der Waals surface area contributed by atoms with E-state index in [2.05, 4.69) is 5.32 Å². The summed E-state index contributed by atoms with van der Waals surface area (Å²) in [4.78, 5) is 38.1. The largest absolute Gasteiger partial charge is 0.497 e. The number of hydrogen-bond acceptors (Lipinski definition) is 4. The van der Waals surface area contributed by atoms with E-state index in [9.17, 15) is 14.4 Å². The summed E-state index contributed by atoms with van der Waals surface area (Å²) >= 11 is 0. The molecule has 6 heteroatoms. The number of urea groups is 1. The second-order valence-corrected chi connectivity index (χ2v) is 5.52. The van der Waals surface area contributed by atoms with Gasteiger partial charge in [-0.1, -0.05) is 30.3 Å². The van der Waals surface area contributed by atoms with Crippen LogP contribution in [0.2, 0.25) is 0 Å². The highest BCUT2D eigenvalue weighted by Crippen LogP contribution is 2.25. The Hall–Kier alpha value is -3.41. The van der Waals surface area contributed by atoms with Gasteiger partial charge in [0.2, 0.25) is 0 Å². The van der Waals surface area contributed by atoms with Crippen molar-refractivity contribution in [1.29, 1.82) is 0 Å². The van der Waals surface area contributed by atoms with Gasteiger partial charge >= 0.3 is 6.03 Å².